The number of ether oxygens (including phenoxy) is 3. The van der Waals surface area contributed by atoms with Crippen molar-refractivity contribution in [2.45, 2.75) is 6.42 Å². The number of amides is 2. The van der Waals surface area contributed by atoms with E-state index in [0.29, 0.717) is 52.6 Å². The Labute approximate surface area is 166 Å². The summed E-state index contributed by atoms with van der Waals surface area (Å²) in [5, 5.41) is 2.90. The quantitative estimate of drug-likeness (QED) is 0.561. The van der Waals surface area contributed by atoms with Gasteiger partial charge in [0.05, 0.1) is 33.0 Å². The van der Waals surface area contributed by atoms with Gasteiger partial charge in [-0.3, -0.25) is 14.5 Å². The summed E-state index contributed by atoms with van der Waals surface area (Å²) in [6.07, 6.45) is 0.838. The third kappa shape index (κ3) is 8.79. The van der Waals surface area contributed by atoms with Gasteiger partial charge in [-0.2, -0.15) is 0 Å². The highest BCUT2D eigenvalue weighted by atomic mass is 16.5. The zero-order valence-corrected chi connectivity index (χ0v) is 16.6. The van der Waals surface area contributed by atoms with E-state index in [1.807, 2.05) is 30.3 Å². The second-order valence-corrected chi connectivity index (χ2v) is 6.58. The number of hydrogen-bond acceptors (Lipinski definition) is 6. The monoisotopic (exact) mass is 393 g/mol. The van der Waals surface area contributed by atoms with Crippen molar-refractivity contribution in [3.05, 3.63) is 30.3 Å². The molecule has 8 nitrogen and oxygen atoms in total. The topological polar surface area (TPSA) is 80.3 Å². The van der Waals surface area contributed by atoms with Crippen molar-refractivity contribution in [2.75, 3.05) is 78.2 Å². The van der Waals surface area contributed by atoms with Crippen LogP contribution in [0.5, 0.6) is 0 Å². The largest absolute Gasteiger partial charge is 0.382 e. The van der Waals surface area contributed by atoms with Gasteiger partial charge in [-0.15, -0.1) is 0 Å². The molecule has 156 valence electrons. The van der Waals surface area contributed by atoms with Crippen molar-refractivity contribution in [3.8, 4) is 0 Å². The van der Waals surface area contributed by atoms with Gasteiger partial charge in [0.15, 0.2) is 0 Å². The average Bonchev–Trinajstić information content (AvgIpc) is 2.93. The molecule has 0 bridgehead atoms. The number of para-hydroxylation sites is 1. The number of nitrogens with one attached hydrogen (secondary N) is 1. The predicted octanol–water partition coefficient (Wildman–Crippen LogP) is 0.839. The van der Waals surface area contributed by atoms with Gasteiger partial charge in [0.25, 0.3) is 0 Å². The second kappa shape index (κ2) is 13.2. The second-order valence-electron chi connectivity index (χ2n) is 6.58. The number of methoxy groups -OCH3 is 1. The van der Waals surface area contributed by atoms with Gasteiger partial charge < -0.3 is 24.4 Å². The van der Waals surface area contributed by atoms with E-state index >= 15 is 0 Å². The van der Waals surface area contributed by atoms with E-state index in [1.54, 1.807) is 12.0 Å². The lowest BCUT2D eigenvalue weighted by atomic mass is 10.3. The molecule has 28 heavy (non-hydrogen) atoms. The molecule has 1 N–H and O–H groups in total. The summed E-state index contributed by atoms with van der Waals surface area (Å²) in [4.78, 5) is 28.4. The van der Waals surface area contributed by atoms with Gasteiger partial charge >= 0.3 is 0 Å². The first-order chi connectivity index (χ1) is 13.7. The number of carbonyl (C=O) groups is 2. The van der Waals surface area contributed by atoms with Gasteiger partial charge in [-0.05, 0) is 18.6 Å². The molecule has 8 heteroatoms. The van der Waals surface area contributed by atoms with E-state index in [2.05, 4.69) is 10.2 Å². The zero-order valence-electron chi connectivity index (χ0n) is 16.6. The summed E-state index contributed by atoms with van der Waals surface area (Å²) in [6, 6.07) is 9.42. The van der Waals surface area contributed by atoms with E-state index in [4.69, 9.17) is 14.2 Å². The van der Waals surface area contributed by atoms with Gasteiger partial charge in [-0.1, -0.05) is 18.2 Å². The minimum atomic E-state index is -0.0391. The predicted molar refractivity (Wildman–Crippen MR) is 106 cm³/mol. The van der Waals surface area contributed by atoms with Crippen molar-refractivity contribution in [2.24, 2.45) is 0 Å². The van der Waals surface area contributed by atoms with Crippen LogP contribution >= 0.6 is 0 Å². The number of anilines is 1. The van der Waals surface area contributed by atoms with Crippen molar-refractivity contribution >= 4 is 17.5 Å². The van der Waals surface area contributed by atoms with Crippen LogP contribution in [0.15, 0.2) is 30.3 Å². The van der Waals surface area contributed by atoms with E-state index in [1.165, 1.54) is 0 Å². The molecule has 2 rings (SSSR count). The van der Waals surface area contributed by atoms with Crippen LogP contribution in [-0.2, 0) is 23.8 Å². The lowest BCUT2D eigenvalue weighted by Gasteiger charge is -2.21. The molecular formula is C20H31N3O5. The molecule has 0 aromatic heterocycles. The van der Waals surface area contributed by atoms with Crippen LogP contribution in [0, 0.1) is 0 Å². The van der Waals surface area contributed by atoms with E-state index in [9.17, 15) is 9.59 Å². The SMILES string of the molecule is COCCOCCOCC(=O)N1CCCN(CC(=O)Nc2ccccc2)CC1. The number of rotatable bonds is 11. The van der Waals surface area contributed by atoms with Crippen LogP contribution in [0.1, 0.15) is 6.42 Å². The Morgan fingerprint density at radius 1 is 0.964 bits per heavy atom. The fourth-order valence-corrected chi connectivity index (χ4v) is 2.92. The van der Waals surface area contributed by atoms with Crippen LogP contribution in [-0.4, -0.2) is 94.5 Å². The van der Waals surface area contributed by atoms with Crippen LogP contribution in [0.4, 0.5) is 5.69 Å². The molecular weight excluding hydrogens is 362 g/mol. The number of hydrogen-bond donors (Lipinski definition) is 1. The fraction of sp³-hybridized carbons (Fsp3) is 0.600. The Balaban J connectivity index is 1.62. The van der Waals surface area contributed by atoms with Gasteiger partial charge in [-0.25, -0.2) is 0 Å². The Bertz CT molecular complexity index is 584. The molecule has 0 atom stereocenters. The molecule has 1 saturated heterocycles. The first kappa shape index (κ1) is 22.3. The first-order valence-electron chi connectivity index (χ1n) is 9.68. The Morgan fingerprint density at radius 3 is 2.50 bits per heavy atom. The summed E-state index contributed by atoms with van der Waals surface area (Å²) < 4.78 is 15.6. The molecule has 1 aliphatic heterocycles. The lowest BCUT2D eigenvalue weighted by Crippen LogP contribution is -2.39. The first-order valence-corrected chi connectivity index (χ1v) is 9.68. The van der Waals surface area contributed by atoms with Crippen molar-refractivity contribution in [1.29, 1.82) is 0 Å². The molecule has 1 heterocycles. The molecule has 1 fully saturated rings. The van der Waals surface area contributed by atoms with E-state index in [-0.39, 0.29) is 18.4 Å². The molecule has 0 aliphatic carbocycles. The van der Waals surface area contributed by atoms with E-state index < -0.39 is 0 Å². The smallest absolute Gasteiger partial charge is 0.248 e. The minimum absolute atomic E-state index is 0.0209. The summed E-state index contributed by atoms with van der Waals surface area (Å²) in [6.45, 7) is 5.04. The third-order valence-electron chi connectivity index (χ3n) is 4.40. The Kier molecular flexibility index (Phi) is 10.5. The molecule has 1 aromatic carbocycles. The zero-order chi connectivity index (χ0) is 20.0. The van der Waals surface area contributed by atoms with Crippen LogP contribution in [0.2, 0.25) is 0 Å². The lowest BCUT2D eigenvalue weighted by molar-refractivity contribution is -0.136. The maximum absolute atomic E-state index is 12.3. The average molecular weight is 393 g/mol. The van der Waals surface area contributed by atoms with Crippen molar-refractivity contribution in [1.82, 2.24) is 9.80 Å². The summed E-state index contributed by atoms with van der Waals surface area (Å²) in [7, 11) is 1.62. The third-order valence-corrected chi connectivity index (χ3v) is 4.40. The number of carbonyl (C=O) groups excluding carboxylic acids is 2. The Hall–Kier alpha value is -2.00. The maximum atomic E-state index is 12.3. The maximum Gasteiger partial charge on any atom is 0.248 e. The van der Waals surface area contributed by atoms with Crippen molar-refractivity contribution in [3.63, 3.8) is 0 Å². The van der Waals surface area contributed by atoms with Gasteiger partial charge in [0.1, 0.15) is 6.61 Å². The fourth-order valence-electron chi connectivity index (χ4n) is 2.92. The normalized spacial score (nSPS) is 15.2. The molecule has 0 radical (unpaired) electrons. The number of benzene rings is 1. The van der Waals surface area contributed by atoms with Crippen LogP contribution in [0.25, 0.3) is 0 Å². The minimum Gasteiger partial charge on any atom is -0.382 e. The Morgan fingerprint density at radius 2 is 1.71 bits per heavy atom. The summed E-state index contributed by atoms with van der Waals surface area (Å²) >= 11 is 0. The van der Waals surface area contributed by atoms with Crippen molar-refractivity contribution < 1.29 is 23.8 Å². The molecule has 0 saturated carbocycles. The highest BCUT2D eigenvalue weighted by Crippen LogP contribution is 2.07. The van der Waals surface area contributed by atoms with E-state index in [0.717, 1.165) is 18.7 Å². The standard InChI is InChI=1S/C20H31N3O5/c1-26-12-13-27-14-15-28-17-20(25)23-9-5-8-22(10-11-23)16-19(24)21-18-6-3-2-4-7-18/h2-4,6-7H,5,8-17H2,1H3,(H,21,24). The summed E-state index contributed by atoms with van der Waals surface area (Å²) in [5.74, 6) is -0.0599. The molecule has 0 unspecified atom stereocenters. The molecule has 2 amide bonds. The van der Waals surface area contributed by atoms with Crippen LogP contribution in [0.3, 0.4) is 0 Å². The number of nitrogens with zero attached hydrogens (tertiary/aromatic N) is 2. The van der Waals surface area contributed by atoms with Gasteiger partial charge in [0.2, 0.25) is 11.8 Å². The highest BCUT2D eigenvalue weighted by Gasteiger charge is 2.20. The molecule has 1 aliphatic rings. The molecule has 1 aromatic rings. The highest BCUT2D eigenvalue weighted by molar-refractivity contribution is 5.92. The van der Waals surface area contributed by atoms with Crippen LogP contribution < -0.4 is 5.32 Å². The summed E-state index contributed by atoms with van der Waals surface area (Å²) in [5.41, 5.74) is 0.794. The van der Waals surface area contributed by atoms with Gasteiger partial charge in [0, 0.05) is 39.0 Å². The molecule has 0 spiro atoms.